The molecule has 0 aliphatic rings. The number of hydrogen-bond donors (Lipinski definition) is 0. The van der Waals surface area contributed by atoms with Crippen molar-refractivity contribution < 1.29 is 9.53 Å². The number of hydrogen-bond acceptors (Lipinski definition) is 3. The van der Waals surface area contributed by atoms with Crippen molar-refractivity contribution in [1.82, 2.24) is 9.78 Å². The van der Waals surface area contributed by atoms with Crippen LogP contribution in [-0.2, 0) is 13.7 Å². The van der Waals surface area contributed by atoms with Gasteiger partial charge in [-0.05, 0) is 39.0 Å². The fourth-order valence-corrected chi connectivity index (χ4v) is 2.00. The molecule has 0 N–H and O–H groups in total. The molecule has 0 amide bonds. The van der Waals surface area contributed by atoms with Crippen LogP contribution in [0.2, 0.25) is 0 Å². The van der Waals surface area contributed by atoms with Crippen molar-refractivity contribution in [2.45, 2.75) is 27.4 Å². The van der Waals surface area contributed by atoms with Gasteiger partial charge in [0.25, 0.3) is 0 Å². The second kappa shape index (κ2) is 5.26. The Labute approximate surface area is 113 Å². The van der Waals surface area contributed by atoms with Crippen LogP contribution >= 0.6 is 0 Å². The Kier molecular flexibility index (Phi) is 3.69. The highest BCUT2D eigenvalue weighted by molar-refractivity contribution is 5.97. The summed E-state index contributed by atoms with van der Waals surface area (Å²) in [6.07, 6.45) is 0. The number of ether oxygens (including phenoxy) is 1. The van der Waals surface area contributed by atoms with E-state index in [1.165, 1.54) is 0 Å². The first-order chi connectivity index (χ1) is 8.97. The van der Waals surface area contributed by atoms with Crippen molar-refractivity contribution in [3.63, 3.8) is 0 Å². The van der Waals surface area contributed by atoms with E-state index in [-0.39, 0.29) is 5.78 Å². The summed E-state index contributed by atoms with van der Waals surface area (Å²) in [5.41, 5.74) is 3.61. The molecule has 2 rings (SSSR count). The average molecular weight is 258 g/mol. The maximum atomic E-state index is 11.6. The Morgan fingerprint density at radius 2 is 2.05 bits per heavy atom. The fraction of sp³-hybridized carbons (Fsp3) is 0.333. The van der Waals surface area contributed by atoms with Crippen LogP contribution in [0.25, 0.3) is 0 Å². The van der Waals surface area contributed by atoms with Crippen molar-refractivity contribution in [2.24, 2.45) is 7.05 Å². The van der Waals surface area contributed by atoms with E-state index in [9.17, 15) is 4.79 Å². The maximum Gasteiger partial charge on any atom is 0.163 e. The SMILES string of the molecule is CC(=O)c1cc(C)ccc1OCc1cc(C)nn1C. The fourth-order valence-electron chi connectivity index (χ4n) is 2.00. The second-order valence-electron chi connectivity index (χ2n) is 4.75. The van der Waals surface area contributed by atoms with E-state index in [2.05, 4.69) is 5.10 Å². The van der Waals surface area contributed by atoms with E-state index < -0.39 is 0 Å². The summed E-state index contributed by atoms with van der Waals surface area (Å²) in [6, 6.07) is 7.61. The van der Waals surface area contributed by atoms with Crippen LogP contribution in [0.15, 0.2) is 24.3 Å². The first-order valence-corrected chi connectivity index (χ1v) is 6.21. The molecule has 2 aromatic rings. The molecular weight excluding hydrogens is 240 g/mol. The predicted molar refractivity (Wildman–Crippen MR) is 73.5 cm³/mol. The molecule has 0 bridgehead atoms. The van der Waals surface area contributed by atoms with E-state index in [0.29, 0.717) is 17.9 Å². The van der Waals surface area contributed by atoms with Crippen LogP contribution in [0.1, 0.15) is 34.2 Å². The highest BCUT2D eigenvalue weighted by atomic mass is 16.5. The molecule has 4 heteroatoms. The number of ketones is 1. The van der Waals surface area contributed by atoms with E-state index in [4.69, 9.17) is 4.74 Å². The summed E-state index contributed by atoms with van der Waals surface area (Å²) in [5.74, 6) is 0.636. The van der Waals surface area contributed by atoms with Crippen LogP contribution in [0.4, 0.5) is 0 Å². The number of Topliss-reactive ketones (excluding diaryl/α,β-unsaturated/α-hetero) is 1. The average Bonchev–Trinajstić information content (AvgIpc) is 2.66. The van der Waals surface area contributed by atoms with Crippen molar-refractivity contribution in [3.8, 4) is 5.75 Å². The Hall–Kier alpha value is -2.10. The molecule has 0 saturated carbocycles. The largest absolute Gasteiger partial charge is 0.487 e. The van der Waals surface area contributed by atoms with Gasteiger partial charge in [0.1, 0.15) is 12.4 Å². The van der Waals surface area contributed by atoms with E-state index in [1.54, 1.807) is 11.6 Å². The zero-order valence-corrected chi connectivity index (χ0v) is 11.7. The van der Waals surface area contributed by atoms with Gasteiger partial charge in [-0.25, -0.2) is 0 Å². The lowest BCUT2D eigenvalue weighted by Crippen LogP contribution is -2.05. The molecular formula is C15H18N2O2. The van der Waals surface area contributed by atoms with Crippen molar-refractivity contribution in [3.05, 3.63) is 46.8 Å². The molecule has 0 spiro atoms. The molecule has 0 aliphatic heterocycles. The second-order valence-corrected chi connectivity index (χ2v) is 4.75. The first kappa shape index (κ1) is 13.3. The summed E-state index contributed by atoms with van der Waals surface area (Å²) >= 11 is 0. The monoisotopic (exact) mass is 258 g/mol. The third-order valence-electron chi connectivity index (χ3n) is 2.99. The summed E-state index contributed by atoms with van der Waals surface area (Å²) in [4.78, 5) is 11.6. The molecule has 0 aliphatic carbocycles. The number of nitrogens with zero attached hydrogens (tertiary/aromatic N) is 2. The van der Waals surface area contributed by atoms with E-state index in [1.807, 2.05) is 45.2 Å². The zero-order chi connectivity index (χ0) is 14.0. The number of rotatable bonds is 4. The minimum Gasteiger partial charge on any atom is -0.487 e. The van der Waals surface area contributed by atoms with Crippen LogP contribution in [-0.4, -0.2) is 15.6 Å². The van der Waals surface area contributed by atoms with Gasteiger partial charge in [-0.1, -0.05) is 11.6 Å². The third kappa shape index (κ3) is 3.02. The third-order valence-corrected chi connectivity index (χ3v) is 2.99. The van der Waals surface area contributed by atoms with Gasteiger partial charge in [-0.15, -0.1) is 0 Å². The highest BCUT2D eigenvalue weighted by Gasteiger charge is 2.10. The molecule has 1 aromatic heterocycles. The summed E-state index contributed by atoms with van der Waals surface area (Å²) in [7, 11) is 1.88. The standard InChI is InChI=1S/C15H18N2O2/c1-10-5-6-15(14(7-10)12(3)18)19-9-13-8-11(2)16-17(13)4/h5-8H,9H2,1-4H3. The molecule has 0 atom stereocenters. The van der Waals surface area contributed by atoms with Gasteiger partial charge in [-0.3, -0.25) is 9.48 Å². The summed E-state index contributed by atoms with van der Waals surface area (Å²) in [5, 5.41) is 4.26. The molecule has 1 heterocycles. The van der Waals surface area contributed by atoms with Gasteiger partial charge in [0.2, 0.25) is 0 Å². The number of benzene rings is 1. The van der Waals surface area contributed by atoms with Crippen LogP contribution in [0, 0.1) is 13.8 Å². The van der Waals surface area contributed by atoms with Gasteiger partial charge < -0.3 is 4.74 Å². The number of aromatic nitrogens is 2. The number of aryl methyl sites for hydroxylation is 3. The number of carbonyl (C=O) groups excluding carboxylic acids is 1. The van der Waals surface area contributed by atoms with Gasteiger partial charge in [0.05, 0.1) is 17.0 Å². The van der Waals surface area contributed by atoms with Crippen molar-refractivity contribution in [2.75, 3.05) is 0 Å². The Morgan fingerprint density at radius 1 is 1.32 bits per heavy atom. The topological polar surface area (TPSA) is 44.1 Å². The number of carbonyl (C=O) groups is 1. The molecule has 0 saturated heterocycles. The van der Waals surface area contributed by atoms with E-state index >= 15 is 0 Å². The van der Waals surface area contributed by atoms with Crippen molar-refractivity contribution in [1.29, 1.82) is 0 Å². The van der Waals surface area contributed by atoms with Crippen LogP contribution < -0.4 is 4.74 Å². The lowest BCUT2D eigenvalue weighted by atomic mass is 10.1. The van der Waals surface area contributed by atoms with Crippen molar-refractivity contribution >= 4 is 5.78 Å². The minimum absolute atomic E-state index is 0.0138. The molecule has 4 nitrogen and oxygen atoms in total. The van der Waals surface area contributed by atoms with Crippen LogP contribution in [0.3, 0.4) is 0 Å². The minimum atomic E-state index is 0.0138. The van der Waals surface area contributed by atoms with Gasteiger partial charge in [0.15, 0.2) is 5.78 Å². The summed E-state index contributed by atoms with van der Waals surface area (Å²) < 4.78 is 7.54. The van der Waals surface area contributed by atoms with Gasteiger partial charge in [0, 0.05) is 7.05 Å². The molecule has 1 aromatic carbocycles. The normalized spacial score (nSPS) is 10.5. The molecule has 0 unspecified atom stereocenters. The molecule has 0 fully saturated rings. The Morgan fingerprint density at radius 3 is 2.63 bits per heavy atom. The Balaban J connectivity index is 2.20. The van der Waals surface area contributed by atoms with Gasteiger partial charge >= 0.3 is 0 Å². The molecule has 0 radical (unpaired) electrons. The van der Waals surface area contributed by atoms with Crippen LogP contribution in [0.5, 0.6) is 5.75 Å². The zero-order valence-electron chi connectivity index (χ0n) is 11.7. The lowest BCUT2D eigenvalue weighted by molar-refractivity contribution is 0.101. The van der Waals surface area contributed by atoms with E-state index in [0.717, 1.165) is 17.0 Å². The molecule has 100 valence electrons. The molecule has 19 heavy (non-hydrogen) atoms. The van der Waals surface area contributed by atoms with Gasteiger partial charge in [-0.2, -0.15) is 5.10 Å². The first-order valence-electron chi connectivity index (χ1n) is 6.21. The maximum absolute atomic E-state index is 11.6. The quantitative estimate of drug-likeness (QED) is 0.792. The predicted octanol–water partition coefficient (Wildman–Crippen LogP) is 2.82. The lowest BCUT2D eigenvalue weighted by Gasteiger charge is -2.10. The smallest absolute Gasteiger partial charge is 0.163 e. The Bertz CT molecular complexity index is 615. The highest BCUT2D eigenvalue weighted by Crippen LogP contribution is 2.21. The summed E-state index contributed by atoms with van der Waals surface area (Å²) in [6.45, 7) is 5.85.